The van der Waals surface area contributed by atoms with E-state index >= 15 is 0 Å². The average molecular weight is 346 g/mol. The molecule has 1 saturated heterocycles. The van der Waals surface area contributed by atoms with Crippen molar-refractivity contribution in [1.29, 1.82) is 0 Å². The summed E-state index contributed by atoms with van der Waals surface area (Å²) in [6.45, 7) is 3.42. The fraction of sp³-hybridized carbons (Fsp3) is 0.250. The number of hydrogen-bond acceptors (Lipinski definition) is 4. The van der Waals surface area contributed by atoms with Gasteiger partial charge in [-0.3, -0.25) is 9.59 Å². The number of anilines is 2. The Hall–Kier alpha value is -3.15. The second kappa shape index (κ2) is 5.42. The SMILES string of the molecule is Cc1cccc(N2C(=O)CC(N3CCn4c3nc3ccccc34)C2=O)c1. The second-order valence-electron chi connectivity index (χ2n) is 6.87. The Morgan fingerprint density at radius 1 is 1.04 bits per heavy atom. The Balaban J connectivity index is 1.51. The normalized spacial score (nSPS) is 19.7. The molecular weight excluding hydrogens is 328 g/mol. The Labute approximate surface area is 150 Å². The van der Waals surface area contributed by atoms with Gasteiger partial charge in [-0.1, -0.05) is 24.3 Å². The van der Waals surface area contributed by atoms with Crippen LogP contribution in [0.15, 0.2) is 48.5 Å². The van der Waals surface area contributed by atoms with Crippen LogP contribution in [0.1, 0.15) is 12.0 Å². The molecule has 2 aliphatic rings. The molecule has 5 rings (SSSR count). The minimum absolute atomic E-state index is 0.153. The molecule has 0 spiro atoms. The minimum Gasteiger partial charge on any atom is -0.328 e. The van der Waals surface area contributed by atoms with Crippen LogP contribution in [0.25, 0.3) is 11.0 Å². The number of benzene rings is 2. The molecule has 26 heavy (non-hydrogen) atoms. The Morgan fingerprint density at radius 2 is 1.88 bits per heavy atom. The first-order valence-corrected chi connectivity index (χ1v) is 8.79. The number of carbonyl (C=O) groups excluding carboxylic acids is 2. The van der Waals surface area contributed by atoms with Crippen molar-refractivity contribution >= 4 is 34.5 Å². The van der Waals surface area contributed by atoms with Crippen LogP contribution in [-0.4, -0.2) is 34.0 Å². The third kappa shape index (κ3) is 2.08. The van der Waals surface area contributed by atoms with E-state index in [4.69, 9.17) is 4.98 Å². The van der Waals surface area contributed by atoms with Gasteiger partial charge in [0.05, 0.1) is 23.1 Å². The molecule has 0 bridgehead atoms. The van der Waals surface area contributed by atoms with Gasteiger partial charge in [-0.05, 0) is 36.8 Å². The van der Waals surface area contributed by atoms with Gasteiger partial charge in [-0.2, -0.15) is 0 Å². The van der Waals surface area contributed by atoms with Gasteiger partial charge in [-0.15, -0.1) is 0 Å². The summed E-state index contributed by atoms with van der Waals surface area (Å²) in [5.41, 5.74) is 3.65. The van der Waals surface area contributed by atoms with Crippen molar-refractivity contribution < 1.29 is 9.59 Å². The maximum atomic E-state index is 13.1. The molecule has 3 aromatic rings. The third-order valence-electron chi connectivity index (χ3n) is 5.21. The van der Waals surface area contributed by atoms with E-state index in [-0.39, 0.29) is 18.2 Å². The van der Waals surface area contributed by atoms with Crippen molar-refractivity contribution in [1.82, 2.24) is 9.55 Å². The number of amides is 2. The molecule has 2 aromatic carbocycles. The number of carbonyl (C=O) groups is 2. The molecule has 0 aliphatic carbocycles. The van der Waals surface area contributed by atoms with E-state index in [1.165, 1.54) is 4.90 Å². The van der Waals surface area contributed by atoms with Gasteiger partial charge >= 0.3 is 0 Å². The number of imide groups is 1. The van der Waals surface area contributed by atoms with Gasteiger partial charge in [-0.25, -0.2) is 9.88 Å². The maximum absolute atomic E-state index is 13.1. The van der Waals surface area contributed by atoms with E-state index < -0.39 is 6.04 Å². The largest absolute Gasteiger partial charge is 0.328 e. The number of rotatable bonds is 2. The van der Waals surface area contributed by atoms with Gasteiger partial charge < -0.3 is 9.47 Å². The molecule has 2 amide bonds. The predicted molar refractivity (Wildman–Crippen MR) is 99.2 cm³/mol. The quantitative estimate of drug-likeness (QED) is 0.669. The minimum atomic E-state index is -0.485. The highest BCUT2D eigenvalue weighted by molar-refractivity contribution is 6.23. The van der Waals surface area contributed by atoms with Gasteiger partial charge in [0.1, 0.15) is 6.04 Å². The van der Waals surface area contributed by atoms with Crippen LogP contribution >= 0.6 is 0 Å². The molecule has 1 fully saturated rings. The summed E-state index contributed by atoms with van der Waals surface area (Å²) in [7, 11) is 0. The highest BCUT2D eigenvalue weighted by Crippen LogP contribution is 2.33. The molecule has 1 atom stereocenters. The molecule has 6 heteroatoms. The molecule has 130 valence electrons. The molecule has 3 heterocycles. The van der Waals surface area contributed by atoms with Crippen LogP contribution in [0.5, 0.6) is 0 Å². The Morgan fingerprint density at radius 3 is 2.73 bits per heavy atom. The lowest BCUT2D eigenvalue weighted by Crippen LogP contribution is -2.41. The number of imidazole rings is 1. The number of nitrogens with zero attached hydrogens (tertiary/aromatic N) is 4. The number of aromatic nitrogens is 2. The maximum Gasteiger partial charge on any atom is 0.257 e. The van der Waals surface area contributed by atoms with Crippen molar-refractivity contribution in [2.24, 2.45) is 0 Å². The fourth-order valence-electron chi connectivity index (χ4n) is 4.00. The first kappa shape index (κ1) is 15.1. The van der Waals surface area contributed by atoms with E-state index in [0.29, 0.717) is 12.2 Å². The van der Waals surface area contributed by atoms with Crippen LogP contribution in [0.2, 0.25) is 0 Å². The zero-order valence-electron chi connectivity index (χ0n) is 14.4. The zero-order valence-corrected chi connectivity index (χ0v) is 14.4. The number of hydrogen-bond donors (Lipinski definition) is 0. The second-order valence-corrected chi connectivity index (χ2v) is 6.87. The van der Waals surface area contributed by atoms with Gasteiger partial charge in [0, 0.05) is 13.1 Å². The lowest BCUT2D eigenvalue weighted by molar-refractivity contribution is -0.121. The zero-order chi connectivity index (χ0) is 17.8. The lowest BCUT2D eigenvalue weighted by Gasteiger charge is -2.22. The van der Waals surface area contributed by atoms with E-state index in [2.05, 4.69) is 4.57 Å². The Bertz CT molecular complexity index is 1050. The van der Waals surface area contributed by atoms with Crippen molar-refractivity contribution in [3.8, 4) is 0 Å². The van der Waals surface area contributed by atoms with Gasteiger partial charge in [0.25, 0.3) is 5.91 Å². The third-order valence-corrected chi connectivity index (χ3v) is 5.21. The van der Waals surface area contributed by atoms with Crippen molar-refractivity contribution in [3.63, 3.8) is 0 Å². The molecule has 6 nitrogen and oxygen atoms in total. The summed E-state index contributed by atoms with van der Waals surface area (Å²) in [4.78, 5) is 33.7. The van der Waals surface area contributed by atoms with Gasteiger partial charge in [0.15, 0.2) is 0 Å². The summed E-state index contributed by atoms with van der Waals surface area (Å²) < 4.78 is 2.13. The predicted octanol–water partition coefficient (Wildman–Crippen LogP) is 2.50. The molecule has 0 N–H and O–H groups in total. The number of fused-ring (bicyclic) bond motifs is 3. The highest BCUT2D eigenvalue weighted by atomic mass is 16.2. The summed E-state index contributed by atoms with van der Waals surface area (Å²) in [6.07, 6.45) is 0.190. The summed E-state index contributed by atoms with van der Waals surface area (Å²) in [5, 5.41) is 0. The van der Waals surface area contributed by atoms with Gasteiger partial charge in [0.2, 0.25) is 11.9 Å². The highest BCUT2D eigenvalue weighted by Gasteiger charge is 2.45. The van der Waals surface area contributed by atoms with E-state index in [0.717, 1.165) is 29.1 Å². The monoisotopic (exact) mass is 346 g/mol. The smallest absolute Gasteiger partial charge is 0.257 e. The molecule has 0 saturated carbocycles. The summed E-state index contributed by atoms with van der Waals surface area (Å²) in [6, 6.07) is 15.0. The van der Waals surface area contributed by atoms with Crippen molar-refractivity contribution in [3.05, 3.63) is 54.1 Å². The van der Waals surface area contributed by atoms with Crippen LogP contribution < -0.4 is 9.80 Å². The topological polar surface area (TPSA) is 58.4 Å². The van der Waals surface area contributed by atoms with Crippen molar-refractivity contribution in [2.75, 3.05) is 16.3 Å². The molecule has 1 aromatic heterocycles. The van der Waals surface area contributed by atoms with E-state index in [1.54, 1.807) is 0 Å². The van der Waals surface area contributed by atoms with Crippen LogP contribution in [-0.2, 0) is 16.1 Å². The lowest BCUT2D eigenvalue weighted by atomic mass is 10.2. The van der Waals surface area contributed by atoms with Crippen LogP contribution in [0, 0.1) is 6.92 Å². The van der Waals surface area contributed by atoms with Crippen LogP contribution in [0.4, 0.5) is 11.6 Å². The van der Waals surface area contributed by atoms with E-state index in [9.17, 15) is 9.59 Å². The van der Waals surface area contributed by atoms with Crippen molar-refractivity contribution in [2.45, 2.75) is 25.9 Å². The average Bonchev–Trinajstić information content (AvgIpc) is 3.27. The molecule has 0 radical (unpaired) electrons. The first-order chi connectivity index (χ1) is 12.6. The standard InChI is InChI=1S/C20H18N4O2/c1-13-5-4-6-14(11-13)24-18(25)12-17(19(24)26)23-10-9-22-16-8-3-2-7-15(16)21-20(22)23/h2-8,11,17H,9-10,12H2,1H3. The summed E-state index contributed by atoms with van der Waals surface area (Å²) in [5.74, 6) is 0.463. The molecular formula is C20H18N4O2. The fourth-order valence-corrected chi connectivity index (χ4v) is 4.00. The number of aryl methyl sites for hydroxylation is 1. The summed E-state index contributed by atoms with van der Waals surface area (Å²) >= 11 is 0. The Kier molecular flexibility index (Phi) is 3.16. The van der Waals surface area contributed by atoms with Crippen LogP contribution in [0.3, 0.4) is 0 Å². The van der Waals surface area contributed by atoms with E-state index in [1.807, 2.05) is 60.4 Å². The molecule has 2 aliphatic heterocycles. The number of para-hydroxylation sites is 2. The molecule has 1 unspecified atom stereocenters. The first-order valence-electron chi connectivity index (χ1n) is 8.79.